The standard InChI is InChI=1S/C22H18N4O5S2/c27-22(23-12-14-9-10-17-18(11-14)31-13-30-17)20(15-5-2-1-3-6-15)26-33(28,29)19-8-4-7-16-21(19)25-32-24-16/h1-11,20,26H,12-13H2,(H,23,27)/t20-/m0/s1. The number of carbonyl (C=O) groups excluding carboxylic acids is 1. The van der Waals surface area contributed by atoms with Crippen LogP contribution in [0.1, 0.15) is 17.2 Å². The molecule has 0 saturated heterocycles. The lowest BCUT2D eigenvalue weighted by Gasteiger charge is -2.19. The van der Waals surface area contributed by atoms with E-state index in [-0.39, 0.29) is 23.7 Å². The normalized spacial score (nSPS) is 13.7. The number of amides is 1. The van der Waals surface area contributed by atoms with Crippen LogP contribution in [0.15, 0.2) is 71.6 Å². The van der Waals surface area contributed by atoms with Gasteiger partial charge < -0.3 is 14.8 Å². The maximum atomic E-state index is 13.2. The van der Waals surface area contributed by atoms with Crippen LogP contribution in [0.5, 0.6) is 11.5 Å². The Hall–Kier alpha value is -3.54. The Bertz CT molecular complexity index is 1420. The first kappa shape index (κ1) is 21.3. The second kappa shape index (κ2) is 8.77. The molecule has 2 N–H and O–H groups in total. The van der Waals surface area contributed by atoms with Gasteiger partial charge in [-0.15, -0.1) is 0 Å². The van der Waals surface area contributed by atoms with Gasteiger partial charge in [0, 0.05) is 6.54 Å². The van der Waals surface area contributed by atoms with Gasteiger partial charge in [0.05, 0.1) is 11.7 Å². The lowest BCUT2D eigenvalue weighted by atomic mass is 10.1. The Morgan fingerprint density at radius 2 is 1.82 bits per heavy atom. The Morgan fingerprint density at radius 1 is 1.00 bits per heavy atom. The molecule has 9 nitrogen and oxygen atoms in total. The van der Waals surface area contributed by atoms with Crippen molar-refractivity contribution < 1.29 is 22.7 Å². The van der Waals surface area contributed by atoms with Crippen molar-refractivity contribution >= 4 is 38.7 Å². The van der Waals surface area contributed by atoms with Gasteiger partial charge in [-0.25, -0.2) is 8.42 Å². The van der Waals surface area contributed by atoms with Gasteiger partial charge in [-0.05, 0) is 35.4 Å². The third kappa shape index (κ3) is 4.38. The number of carbonyl (C=O) groups is 1. The van der Waals surface area contributed by atoms with Crippen LogP contribution in [-0.4, -0.2) is 29.9 Å². The average Bonchev–Trinajstić information content (AvgIpc) is 3.50. The summed E-state index contributed by atoms with van der Waals surface area (Å²) in [6.45, 7) is 0.344. The van der Waals surface area contributed by atoms with Crippen LogP contribution in [0.25, 0.3) is 11.0 Å². The molecule has 2 heterocycles. The predicted molar refractivity (Wildman–Crippen MR) is 121 cm³/mol. The maximum absolute atomic E-state index is 13.2. The number of nitrogens with zero attached hydrogens (tertiary/aromatic N) is 2. The highest BCUT2D eigenvalue weighted by molar-refractivity contribution is 7.89. The Balaban J connectivity index is 1.40. The predicted octanol–water partition coefficient (Wildman–Crippen LogP) is 2.76. The number of hydrogen-bond donors (Lipinski definition) is 2. The Kier molecular flexibility index (Phi) is 5.67. The molecule has 0 fully saturated rings. The number of fused-ring (bicyclic) bond motifs is 2. The van der Waals surface area contributed by atoms with Gasteiger partial charge in [-0.2, -0.15) is 13.5 Å². The lowest BCUT2D eigenvalue weighted by Crippen LogP contribution is -2.40. The SMILES string of the molecule is O=C(NCc1ccc2c(c1)OCO2)[C@@H](NS(=O)(=O)c1cccc2nsnc12)c1ccccc1. The number of aromatic nitrogens is 2. The van der Waals surface area contributed by atoms with E-state index >= 15 is 0 Å². The molecular formula is C22H18N4O5S2. The first-order valence-electron chi connectivity index (χ1n) is 9.96. The van der Waals surface area contributed by atoms with Crippen molar-refractivity contribution in [3.8, 4) is 11.5 Å². The number of benzene rings is 3. The summed E-state index contributed by atoms with van der Waals surface area (Å²) in [5.74, 6) is 0.753. The minimum Gasteiger partial charge on any atom is -0.454 e. The molecule has 3 aromatic carbocycles. The number of ether oxygens (including phenoxy) is 2. The fraction of sp³-hybridized carbons (Fsp3) is 0.136. The zero-order valence-electron chi connectivity index (χ0n) is 17.1. The molecule has 1 amide bonds. The van der Waals surface area contributed by atoms with Crippen LogP contribution in [0.4, 0.5) is 0 Å². The van der Waals surface area contributed by atoms with Gasteiger partial charge in [-0.3, -0.25) is 4.79 Å². The highest BCUT2D eigenvalue weighted by Gasteiger charge is 2.29. The third-order valence-corrected chi connectivity index (χ3v) is 7.11. The molecule has 4 aromatic rings. The van der Waals surface area contributed by atoms with Crippen molar-refractivity contribution in [2.75, 3.05) is 6.79 Å². The van der Waals surface area contributed by atoms with Gasteiger partial charge >= 0.3 is 0 Å². The second-order valence-electron chi connectivity index (χ2n) is 7.26. The van der Waals surface area contributed by atoms with Crippen molar-refractivity contribution in [1.29, 1.82) is 0 Å². The van der Waals surface area contributed by atoms with E-state index in [9.17, 15) is 13.2 Å². The van der Waals surface area contributed by atoms with E-state index in [1.54, 1.807) is 54.6 Å². The monoisotopic (exact) mass is 482 g/mol. The molecule has 33 heavy (non-hydrogen) atoms. The van der Waals surface area contributed by atoms with Gasteiger partial charge in [0.25, 0.3) is 0 Å². The Morgan fingerprint density at radius 3 is 2.67 bits per heavy atom. The topological polar surface area (TPSA) is 120 Å². The van der Waals surface area contributed by atoms with E-state index in [2.05, 4.69) is 18.8 Å². The molecule has 0 radical (unpaired) electrons. The van der Waals surface area contributed by atoms with E-state index in [1.165, 1.54) is 6.07 Å². The molecule has 5 rings (SSSR count). The summed E-state index contributed by atoms with van der Waals surface area (Å²) >= 11 is 0.928. The van der Waals surface area contributed by atoms with E-state index in [0.29, 0.717) is 22.6 Å². The van der Waals surface area contributed by atoms with Crippen LogP contribution in [0.3, 0.4) is 0 Å². The first-order valence-corrected chi connectivity index (χ1v) is 12.2. The summed E-state index contributed by atoms with van der Waals surface area (Å²) in [5.41, 5.74) is 2.04. The van der Waals surface area contributed by atoms with E-state index in [4.69, 9.17) is 9.47 Å². The van der Waals surface area contributed by atoms with Gasteiger partial charge in [0.1, 0.15) is 22.0 Å². The summed E-state index contributed by atoms with van der Waals surface area (Å²) in [6, 6.07) is 17.6. The molecule has 0 spiro atoms. The maximum Gasteiger partial charge on any atom is 0.243 e. The smallest absolute Gasteiger partial charge is 0.243 e. The number of sulfonamides is 1. The molecule has 1 aromatic heterocycles. The molecular weight excluding hydrogens is 464 g/mol. The van der Waals surface area contributed by atoms with Crippen LogP contribution in [0.2, 0.25) is 0 Å². The summed E-state index contributed by atoms with van der Waals surface area (Å²) < 4.78 is 47.9. The fourth-order valence-electron chi connectivity index (χ4n) is 3.48. The zero-order chi connectivity index (χ0) is 22.8. The number of rotatable bonds is 7. The van der Waals surface area contributed by atoms with E-state index < -0.39 is 22.0 Å². The minimum absolute atomic E-state index is 0.0294. The second-order valence-corrected chi connectivity index (χ2v) is 9.47. The van der Waals surface area contributed by atoms with Crippen LogP contribution >= 0.6 is 11.7 Å². The van der Waals surface area contributed by atoms with Gasteiger partial charge in [-0.1, -0.05) is 42.5 Å². The highest BCUT2D eigenvalue weighted by Crippen LogP contribution is 2.32. The first-order chi connectivity index (χ1) is 16.0. The Labute approximate surface area is 193 Å². The minimum atomic E-state index is -4.08. The summed E-state index contributed by atoms with van der Waals surface area (Å²) in [4.78, 5) is 13.1. The average molecular weight is 483 g/mol. The molecule has 0 unspecified atom stereocenters. The summed E-state index contributed by atoms with van der Waals surface area (Å²) in [6.07, 6.45) is 0. The van der Waals surface area contributed by atoms with Crippen molar-refractivity contribution in [2.24, 2.45) is 0 Å². The molecule has 0 aliphatic carbocycles. The van der Waals surface area contributed by atoms with Crippen LogP contribution in [0, 0.1) is 0 Å². The van der Waals surface area contributed by atoms with E-state index in [0.717, 1.165) is 17.3 Å². The van der Waals surface area contributed by atoms with Crippen molar-refractivity contribution in [3.05, 3.63) is 77.9 Å². The van der Waals surface area contributed by atoms with Crippen LogP contribution < -0.4 is 19.5 Å². The van der Waals surface area contributed by atoms with Crippen LogP contribution in [-0.2, 0) is 21.4 Å². The van der Waals surface area contributed by atoms with E-state index in [1.807, 2.05) is 6.07 Å². The molecule has 1 atom stereocenters. The molecule has 11 heteroatoms. The van der Waals surface area contributed by atoms with Gasteiger partial charge in [0.2, 0.25) is 22.7 Å². The van der Waals surface area contributed by atoms with Crippen molar-refractivity contribution in [1.82, 2.24) is 18.8 Å². The fourth-order valence-corrected chi connectivity index (χ4v) is 5.43. The zero-order valence-corrected chi connectivity index (χ0v) is 18.7. The molecule has 1 aliphatic rings. The molecule has 1 aliphatic heterocycles. The number of hydrogen-bond acceptors (Lipinski definition) is 8. The molecule has 168 valence electrons. The van der Waals surface area contributed by atoms with Crippen molar-refractivity contribution in [2.45, 2.75) is 17.5 Å². The largest absolute Gasteiger partial charge is 0.454 e. The highest BCUT2D eigenvalue weighted by atomic mass is 32.2. The third-order valence-electron chi connectivity index (χ3n) is 5.11. The summed E-state index contributed by atoms with van der Waals surface area (Å²) in [7, 11) is -4.08. The van der Waals surface area contributed by atoms with Crippen molar-refractivity contribution in [3.63, 3.8) is 0 Å². The van der Waals surface area contributed by atoms with Gasteiger partial charge in [0.15, 0.2) is 11.5 Å². The quantitative estimate of drug-likeness (QED) is 0.416. The molecule has 0 saturated carbocycles. The molecule has 0 bridgehead atoms. The summed E-state index contributed by atoms with van der Waals surface area (Å²) in [5, 5.41) is 2.81. The number of nitrogens with one attached hydrogen (secondary N) is 2. The lowest BCUT2D eigenvalue weighted by molar-refractivity contribution is -0.123.